The molecule has 0 aromatic carbocycles. The van der Waals surface area contributed by atoms with Crippen LogP contribution in [0.2, 0.25) is 0 Å². The van der Waals surface area contributed by atoms with Gasteiger partial charge in [-0.25, -0.2) is 4.98 Å². The van der Waals surface area contributed by atoms with Crippen LogP contribution in [0, 0.1) is 0 Å². The second kappa shape index (κ2) is 8.33. The topological polar surface area (TPSA) is 78.7 Å². The summed E-state index contributed by atoms with van der Waals surface area (Å²) in [5.41, 5.74) is -0.883. The molecule has 0 aliphatic carbocycles. The minimum absolute atomic E-state index is 0. The van der Waals surface area contributed by atoms with Crippen molar-refractivity contribution in [2.75, 3.05) is 32.7 Å². The van der Waals surface area contributed by atoms with E-state index in [9.17, 15) is 22.8 Å². The Kier molecular flexibility index (Phi) is 6.61. The maximum Gasteiger partial charge on any atom is 0.405 e. The Morgan fingerprint density at radius 3 is 2.73 bits per heavy atom. The van der Waals surface area contributed by atoms with Crippen LogP contribution >= 0.6 is 23.7 Å². The van der Waals surface area contributed by atoms with E-state index in [2.05, 4.69) is 15.6 Å². The summed E-state index contributed by atoms with van der Waals surface area (Å²) in [7, 11) is 0. The first-order chi connectivity index (χ1) is 11.9. The van der Waals surface area contributed by atoms with Gasteiger partial charge in [-0.3, -0.25) is 18.9 Å². The van der Waals surface area contributed by atoms with E-state index in [0.717, 1.165) is 6.20 Å². The molecule has 1 amide bonds. The zero-order valence-electron chi connectivity index (χ0n) is 13.5. The maximum absolute atomic E-state index is 13.3. The molecular weight excluding hydrogens is 395 g/mol. The lowest BCUT2D eigenvalue weighted by molar-refractivity contribution is -0.183. The summed E-state index contributed by atoms with van der Waals surface area (Å²) in [5, 5.41) is 6.85. The van der Waals surface area contributed by atoms with Crippen molar-refractivity contribution in [2.24, 2.45) is 0 Å². The van der Waals surface area contributed by atoms with Gasteiger partial charge in [-0.05, 0) is 0 Å². The van der Waals surface area contributed by atoms with Crippen LogP contribution in [0.3, 0.4) is 0 Å². The van der Waals surface area contributed by atoms with Crippen molar-refractivity contribution < 1.29 is 18.0 Å². The molecule has 3 rings (SSSR count). The summed E-state index contributed by atoms with van der Waals surface area (Å²) in [4.78, 5) is 30.1. The number of rotatable bonds is 4. The largest absolute Gasteiger partial charge is 0.405 e. The van der Waals surface area contributed by atoms with Gasteiger partial charge in [0.1, 0.15) is 11.6 Å². The van der Waals surface area contributed by atoms with Crippen LogP contribution in [0.5, 0.6) is 0 Å². The summed E-state index contributed by atoms with van der Waals surface area (Å²) in [6.45, 7) is 0.783. The van der Waals surface area contributed by atoms with Gasteiger partial charge in [0.15, 0.2) is 4.96 Å². The fourth-order valence-corrected chi connectivity index (χ4v) is 3.39. The Labute approximate surface area is 156 Å². The number of nitrogens with one attached hydrogen (secondary N) is 2. The van der Waals surface area contributed by atoms with Gasteiger partial charge in [-0.2, -0.15) is 13.2 Å². The predicted molar refractivity (Wildman–Crippen MR) is 93.2 cm³/mol. The van der Waals surface area contributed by atoms with Gasteiger partial charge >= 0.3 is 6.18 Å². The molecule has 2 N–H and O–H groups in total. The maximum atomic E-state index is 13.3. The lowest BCUT2D eigenvalue weighted by Gasteiger charge is -2.35. The first-order valence-corrected chi connectivity index (χ1v) is 8.50. The van der Waals surface area contributed by atoms with E-state index in [0.29, 0.717) is 18.1 Å². The van der Waals surface area contributed by atoms with Gasteiger partial charge in [0, 0.05) is 50.5 Å². The van der Waals surface area contributed by atoms with Crippen LogP contribution in [0.1, 0.15) is 10.4 Å². The van der Waals surface area contributed by atoms with Crippen LogP contribution in [0.25, 0.3) is 4.96 Å². The smallest absolute Gasteiger partial charge is 0.350 e. The molecule has 26 heavy (non-hydrogen) atoms. The second-order valence-electron chi connectivity index (χ2n) is 5.59. The molecule has 3 heterocycles. The van der Waals surface area contributed by atoms with Crippen LogP contribution in [-0.2, 0) is 0 Å². The zero-order chi connectivity index (χ0) is 18.0. The highest BCUT2D eigenvalue weighted by Crippen LogP contribution is 2.24. The number of fused-ring (bicyclic) bond motifs is 1. The van der Waals surface area contributed by atoms with Crippen molar-refractivity contribution in [3.05, 3.63) is 33.7 Å². The van der Waals surface area contributed by atoms with Crippen molar-refractivity contribution in [2.45, 2.75) is 12.2 Å². The van der Waals surface area contributed by atoms with Crippen LogP contribution in [0.15, 0.2) is 22.6 Å². The zero-order valence-corrected chi connectivity index (χ0v) is 15.1. The van der Waals surface area contributed by atoms with Gasteiger partial charge in [0.05, 0.1) is 0 Å². The number of carbonyl (C=O) groups is 1. The number of piperazine rings is 1. The van der Waals surface area contributed by atoms with Crippen LogP contribution in [0.4, 0.5) is 13.2 Å². The Morgan fingerprint density at radius 1 is 1.38 bits per heavy atom. The Morgan fingerprint density at radius 2 is 2.08 bits per heavy atom. The number of alkyl halides is 3. The summed E-state index contributed by atoms with van der Waals surface area (Å²) in [6, 6.07) is -1.79. The molecular formula is C14H17ClF3N5O2S. The third-order valence-electron chi connectivity index (χ3n) is 4.01. The molecule has 12 heteroatoms. The van der Waals surface area contributed by atoms with Crippen molar-refractivity contribution in [3.8, 4) is 0 Å². The molecule has 2 aromatic heterocycles. The first-order valence-electron chi connectivity index (χ1n) is 7.62. The molecule has 1 aliphatic heterocycles. The normalized spacial score (nSPS) is 16.9. The highest BCUT2D eigenvalue weighted by molar-refractivity contribution is 7.15. The lowest BCUT2D eigenvalue weighted by atomic mass is 10.2. The fraction of sp³-hybridized carbons (Fsp3) is 0.500. The van der Waals surface area contributed by atoms with E-state index in [4.69, 9.17) is 0 Å². The van der Waals surface area contributed by atoms with E-state index in [1.807, 2.05) is 0 Å². The molecule has 1 unspecified atom stereocenters. The van der Waals surface area contributed by atoms with Crippen molar-refractivity contribution in [1.82, 2.24) is 24.9 Å². The number of hydrogen-bond acceptors (Lipinski definition) is 6. The Balaban J connectivity index is 0.00000243. The minimum atomic E-state index is -4.48. The number of nitrogens with zero attached hydrogens (tertiary/aromatic N) is 3. The molecule has 0 radical (unpaired) electrons. The van der Waals surface area contributed by atoms with Gasteiger partial charge in [-0.15, -0.1) is 23.7 Å². The number of carbonyl (C=O) groups excluding carboxylic acids is 1. The van der Waals surface area contributed by atoms with Gasteiger partial charge in [0.25, 0.3) is 11.5 Å². The standard InChI is InChI=1S/C14H16F3N5O2S.ClH/c15-14(16,17)10(21-3-1-18-2-4-21)8-19-11(23)9-7-20-13-22(12(9)24)5-6-25-13;/h5-7,10,18H,1-4,8H2,(H,19,23);1H. The van der Waals surface area contributed by atoms with Crippen molar-refractivity contribution in [3.63, 3.8) is 0 Å². The number of amides is 1. The Bertz CT molecular complexity index is 819. The molecule has 1 saturated heterocycles. The van der Waals surface area contributed by atoms with E-state index in [-0.39, 0.29) is 31.1 Å². The average Bonchev–Trinajstić information content (AvgIpc) is 3.04. The summed E-state index contributed by atoms with van der Waals surface area (Å²) in [5.74, 6) is -0.859. The first kappa shape index (κ1) is 20.6. The molecule has 0 bridgehead atoms. The average molecular weight is 412 g/mol. The van der Waals surface area contributed by atoms with Crippen molar-refractivity contribution >= 4 is 34.6 Å². The molecule has 144 valence electrons. The molecule has 0 saturated carbocycles. The second-order valence-corrected chi connectivity index (χ2v) is 6.46. The Hall–Kier alpha value is -1.69. The molecule has 1 aliphatic rings. The number of thiazole rings is 1. The summed E-state index contributed by atoms with van der Waals surface area (Å²) < 4.78 is 41.1. The highest BCUT2D eigenvalue weighted by Gasteiger charge is 2.43. The monoisotopic (exact) mass is 411 g/mol. The minimum Gasteiger partial charge on any atom is -0.350 e. The quantitative estimate of drug-likeness (QED) is 0.776. The number of hydrogen-bond donors (Lipinski definition) is 2. The third kappa shape index (κ3) is 4.34. The van der Waals surface area contributed by atoms with Crippen LogP contribution in [-0.4, -0.2) is 65.1 Å². The molecule has 1 atom stereocenters. The molecule has 1 fully saturated rings. The van der Waals surface area contributed by atoms with E-state index in [1.165, 1.54) is 26.8 Å². The van der Waals surface area contributed by atoms with E-state index in [1.54, 1.807) is 5.38 Å². The molecule has 0 spiro atoms. The van der Waals surface area contributed by atoms with E-state index >= 15 is 0 Å². The molecule has 2 aromatic rings. The third-order valence-corrected chi connectivity index (χ3v) is 4.78. The number of aromatic nitrogens is 2. The SMILES string of the molecule is Cl.O=C(NCC(N1CCNCC1)C(F)(F)F)c1cnc2sccn2c1=O. The predicted octanol–water partition coefficient (Wildman–Crippen LogP) is 0.744. The van der Waals surface area contributed by atoms with Gasteiger partial charge < -0.3 is 10.6 Å². The summed E-state index contributed by atoms with van der Waals surface area (Å²) >= 11 is 1.22. The lowest BCUT2D eigenvalue weighted by Crippen LogP contribution is -2.57. The van der Waals surface area contributed by atoms with E-state index < -0.39 is 30.2 Å². The van der Waals surface area contributed by atoms with Gasteiger partial charge in [0.2, 0.25) is 0 Å². The van der Waals surface area contributed by atoms with Crippen molar-refractivity contribution in [1.29, 1.82) is 0 Å². The highest BCUT2D eigenvalue weighted by atomic mass is 35.5. The number of halogens is 4. The van der Waals surface area contributed by atoms with Crippen LogP contribution < -0.4 is 16.2 Å². The summed E-state index contributed by atoms with van der Waals surface area (Å²) in [6.07, 6.45) is -1.92. The fourth-order valence-electron chi connectivity index (χ4n) is 2.71. The molecule has 7 nitrogen and oxygen atoms in total. The van der Waals surface area contributed by atoms with Gasteiger partial charge in [-0.1, -0.05) is 0 Å².